The van der Waals surface area contributed by atoms with E-state index in [1.165, 1.54) is 38.5 Å². The highest BCUT2D eigenvalue weighted by molar-refractivity contribution is 5.08. The van der Waals surface area contributed by atoms with Gasteiger partial charge < -0.3 is 0 Å². The first-order valence-corrected chi connectivity index (χ1v) is 4.77. The summed E-state index contributed by atoms with van der Waals surface area (Å²) < 4.78 is 0. The third-order valence-electron chi connectivity index (χ3n) is 3.14. The average molecular weight is 137 g/mol. The molecule has 0 spiro atoms. The van der Waals surface area contributed by atoms with Crippen molar-refractivity contribution in [1.82, 2.24) is 0 Å². The molecule has 2 saturated carbocycles. The molecule has 0 amide bonds. The fraction of sp³-hybridized carbons (Fsp3) is 0.900. The fourth-order valence-corrected chi connectivity index (χ4v) is 2.14. The Hall–Kier alpha value is 0. The predicted octanol–water partition coefficient (Wildman–Crippen LogP) is 3.18. The standard InChI is InChI=1S/C10H17/c1-2-10(9-6-7-9)8-4-3-5-8/h8-9H,2-7H2,1H3. The summed E-state index contributed by atoms with van der Waals surface area (Å²) in [5.74, 6) is 4.07. The summed E-state index contributed by atoms with van der Waals surface area (Å²) in [6.45, 7) is 2.34. The molecule has 0 nitrogen and oxygen atoms in total. The second-order valence-corrected chi connectivity index (χ2v) is 3.83. The first kappa shape index (κ1) is 6.69. The molecule has 10 heavy (non-hydrogen) atoms. The van der Waals surface area contributed by atoms with Crippen LogP contribution in [0.1, 0.15) is 45.4 Å². The van der Waals surface area contributed by atoms with Crippen LogP contribution < -0.4 is 0 Å². The molecule has 0 unspecified atom stereocenters. The van der Waals surface area contributed by atoms with Crippen LogP contribution >= 0.6 is 0 Å². The zero-order valence-corrected chi connectivity index (χ0v) is 6.90. The first-order valence-electron chi connectivity index (χ1n) is 4.77. The van der Waals surface area contributed by atoms with Crippen molar-refractivity contribution < 1.29 is 0 Å². The van der Waals surface area contributed by atoms with Gasteiger partial charge in [0.2, 0.25) is 0 Å². The Morgan fingerprint density at radius 2 is 1.70 bits per heavy atom. The second kappa shape index (κ2) is 2.56. The number of rotatable bonds is 3. The zero-order valence-electron chi connectivity index (χ0n) is 6.90. The summed E-state index contributed by atoms with van der Waals surface area (Å²) in [4.78, 5) is 0. The van der Waals surface area contributed by atoms with Crippen molar-refractivity contribution >= 4 is 0 Å². The first-order chi connectivity index (χ1) is 4.92. The van der Waals surface area contributed by atoms with Gasteiger partial charge in [-0.05, 0) is 49.9 Å². The quantitative estimate of drug-likeness (QED) is 0.560. The van der Waals surface area contributed by atoms with Gasteiger partial charge in [-0.3, -0.25) is 0 Å². The minimum absolute atomic E-state index is 1.07. The van der Waals surface area contributed by atoms with Gasteiger partial charge in [0, 0.05) is 0 Å². The van der Waals surface area contributed by atoms with Crippen molar-refractivity contribution in [2.75, 3.05) is 0 Å². The van der Waals surface area contributed by atoms with Crippen LogP contribution in [0.5, 0.6) is 0 Å². The van der Waals surface area contributed by atoms with Crippen LogP contribution in [0.15, 0.2) is 0 Å². The Morgan fingerprint density at radius 1 is 1.10 bits per heavy atom. The Bertz CT molecular complexity index is 109. The van der Waals surface area contributed by atoms with Crippen molar-refractivity contribution in [1.29, 1.82) is 0 Å². The largest absolute Gasteiger partial charge is 0.0648 e. The maximum Gasteiger partial charge on any atom is -0.0182 e. The molecule has 0 bridgehead atoms. The molecule has 0 heteroatoms. The normalized spacial score (nSPS) is 27.0. The molecule has 2 fully saturated rings. The molecular weight excluding hydrogens is 120 g/mol. The SMILES string of the molecule is CC[C](C1CCC1)C1CC1. The fourth-order valence-electron chi connectivity index (χ4n) is 2.14. The van der Waals surface area contributed by atoms with Crippen LogP contribution in [0.25, 0.3) is 0 Å². The van der Waals surface area contributed by atoms with E-state index >= 15 is 0 Å². The lowest BCUT2D eigenvalue weighted by atomic mass is 9.73. The Kier molecular flexibility index (Phi) is 1.71. The van der Waals surface area contributed by atoms with Crippen molar-refractivity contribution in [2.45, 2.75) is 45.4 Å². The molecular formula is C10H17. The number of hydrogen-bond acceptors (Lipinski definition) is 0. The molecule has 2 aliphatic carbocycles. The summed E-state index contributed by atoms with van der Waals surface area (Å²) in [5, 5.41) is 0. The highest BCUT2D eigenvalue weighted by Crippen LogP contribution is 2.49. The third-order valence-corrected chi connectivity index (χ3v) is 3.14. The van der Waals surface area contributed by atoms with Gasteiger partial charge in [0.25, 0.3) is 0 Å². The molecule has 0 heterocycles. The molecule has 57 valence electrons. The van der Waals surface area contributed by atoms with Crippen molar-refractivity contribution in [3.63, 3.8) is 0 Å². The van der Waals surface area contributed by atoms with E-state index < -0.39 is 0 Å². The van der Waals surface area contributed by atoms with E-state index in [4.69, 9.17) is 0 Å². The van der Waals surface area contributed by atoms with E-state index in [1.54, 1.807) is 0 Å². The maximum atomic E-state index is 2.34. The van der Waals surface area contributed by atoms with Crippen LogP contribution in [-0.4, -0.2) is 0 Å². The molecule has 0 aromatic carbocycles. The highest BCUT2D eigenvalue weighted by Gasteiger charge is 2.37. The molecule has 0 atom stereocenters. The maximum absolute atomic E-state index is 2.34. The van der Waals surface area contributed by atoms with Gasteiger partial charge in [-0.2, -0.15) is 0 Å². The average Bonchev–Trinajstić information content (AvgIpc) is 2.58. The van der Waals surface area contributed by atoms with Gasteiger partial charge in [-0.15, -0.1) is 0 Å². The summed E-state index contributed by atoms with van der Waals surface area (Å²) >= 11 is 0. The van der Waals surface area contributed by atoms with Gasteiger partial charge in [0.15, 0.2) is 0 Å². The molecule has 1 radical (unpaired) electrons. The molecule has 0 saturated heterocycles. The van der Waals surface area contributed by atoms with Gasteiger partial charge in [-0.25, -0.2) is 0 Å². The predicted molar refractivity (Wildman–Crippen MR) is 43.6 cm³/mol. The van der Waals surface area contributed by atoms with E-state index in [1.807, 2.05) is 5.92 Å². The molecule has 0 N–H and O–H groups in total. The topological polar surface area (TPSA) is 0 Å². The van der Waals surface area contributed by atoms with E-state index in [-0.39, 0.29) is 0 Å². The minimum atomic E-state index is 1.07. The lowest BCUT2D eigenvalue weighted by molar-refractivity contribution is 0.302. The van der Waals surface area contributed by atoms with E-state index in [2.05, 4.69) is 6.92 Å². The third kappa shape index (κ3) is 1.09. The van der Waals surface area contributed by atoms with Gasteiger partial charge in [-0.1, -0.05) is 13.3 Å². The molecule has 0 aromatic heterocycles. The van der Waals surface area contributed by atoms with Crippen LogP contribution in [0.3, 0.4) is 0 Å². The monoisotopic (exact) mass is 137 g/mol. The summed E-state index contributed by atoms with van der Waals surface area (Å²) in [6.07, 6.45) is 8.93. The van der Waals surface area contributed by atoms with Crippen LogP contribution in [-0.2, 0) is 0 Å². The minimum Gasteiger partial charge on any atom is -0.0648 e. The second-order valence-electron chi connectivity index (χ2n) is 3.83. The summed E-state index contributed by atoms with van der Waals surface area (Å²) in [7, 11) is 0. The van der Waals surface area contributed by atoms with E-state index in [0.29, 0.717) is 0 Å². The zero-order chi connectivity index (χ0) is 6.97. The highest BCUT2D eigenvalue weighted by atomic mass is 14.4. The van der Waals surface area contributed by atoms with Crippen LogP contribution in [0.2, 0.25) is 0 Å². The molecule has 0 aliphatic heterocycles. The van der Waals surface area contributed by atoms with E-state index in [0.717, 1.165) is 11.8 Å². The van der Waals surface area contributed by atoms with Crippen LogP contribution in [0, 0.1) is 17.8 Å². The molecule has 0 aromatic rings. The Morgan fingerprint density at radius 3 is 2.00 bits per heavy atom. The lowest BCUT2D eigenvalue weighted by Gasteiger charge is -2.32. The lowest BCUT2D eigenvalue weighted by Crippen LogP contribution is -2.20. The number of hydrogen-bond donors (Lipinski definition) is 0. The van der Waals surface area contributed by atoms with Gasteiger partial charge in [0.1, 0.15) is 0 Å². The Labute approximate surface area is 64.0 Å². The summed E-state index contributed by atoms with van der Waals surface area (Å²) in [5.41, 5.74) is 0. The van der Waals surface area contributed by atoms with Crippen LogP contribution in [0.4, 0.5) is 0 Å². The van der Waals surface area contributed by atoms with Crippen molar-refractivity contribution in [3.8, 4) is 0 Å². The molecule has 2 rings (SSSR count). The van der Waals surface area contributed by atoms with E-state index in [9.17, 15) is 0 Å². The van der Waals surface area contributed by atoms with Crippen molar-refractivity contribution in [3.05, 3.63) is 5.92 Å². The van der Waals surface area contributed by atoms with Gasteiger partial charge in [0.05, 0.1) is 0 Å². The Balaban J connectivity index is 1.84. The smallest absolute Gasteiger partial charge is 0.0182 e. The summed E-state index contributed by atoms with van der Waals surface area (Å²) in [6, 6.07) is 0. The van der Waals surface area contributed by atoms with Crippen molar-refractivity contribution in [2.24, 2.45) is 11.8 Å². The van der Waals surface area contributed by atoms with Gasteiger partial charge >= 0.3 is 0 Å². The molecule has 2 aliphatic rings.